The highest BCUT2D eigenvalue weighted by Crippen LogP contribution is 2.27. The number of piperidine rings is 1. The molecule has 2 aromatic rings. The number of halogens is 1. The third-order valence-electron chi connectivity index (χ3n) is 6.83. The van der Waals surface area contributed by atoms with Gasteiger partial charge in [0.05, 0.1) is 0 Å². The maximum atomic E-state index is 12.9. The summed E-state index contributed by atoms with van der Waals surface area (Å²) in [6.07, 6.45) is 2.71. The van der Waals surface area contributed by atoms with Gasteiger partial charge in [0.1, 0.15) is 0 Å². The molecule has 0 aromatic heterocycles. The van der Waals surface area contributed by atoms with E-state index in [4.69, 9.17) is 11.6 Å². The summed E-state index contributed by atoms with van der Waals surface area (Å²) in [6.45, 7) is 8.40. The summed E-state index contributed by atoms with van der Waals surface area (Å²) in [5.41, 5.74) is 3.50. The van der Waals surface area contributed by atoms with Gasteiger partial charge in [-0.2, -0.15) is 0 Å². The van der Waals surface area contributed by atoms with Crippen molar-refractivity contribution in [3.05, 3.63) is 59.1 Å². The van der Waals surface area contributed by atoms with Gasteiger partial charge in [-0.1, -0.05) is 23.7 Å². The first-order valence-corrected chi connectivity index (χ1v) is 12.2. The highest BCUT2D eigenvalue weighted by Gasteiger charge is 2.23. The van der Waals surface area contributed by atoms with Crippen LogP contribution in [0, 0.1) is 5.92 Å². The minimum Gasteiger partial charge on any atom is -0.372 e. The molecule has 1 N–H and O–H groups in total. The van der Waals surface area contributed by atoms with Crippen molar-refractivity contribution < 1.29 is 4.79 Å². The van der Waals surface area contributed by atoms with Crippen LogP contribution in [0.25, 0.3) is 0 Å². The van der Waals surface area contributed by atoms with Crippen LogP contribution in [0.3, 0.4) is 0 Å². The summed E-state index contributed by atoms with van der Waals surface area (Å²) >= 11 is 6.00. The van der Waals surface area contributed by atoms with Gasteiger partial charge in [0.2, 0.25) is 5.91 Å². The first kappa shape index (κ1) is 23.1. The van der Waals surface area contributed by atoms with Crippen LogP contribution in [0.2, 0.25) is 5.02 Å². The van der Waals surface area contributed by atoms with Crippen LogP contribution in [0.15, 0.2) is 48.5 Å². The molecular formula is C26H35ClN4O. The Labute approximate surface area is 197 Å². The van der Waals surface area contributed by atoms with E-state index in [-0.39, 0.29) is 5.91 Å². The molecule has 1 amide bonds. The maximum Gasteiger partial charge on any atom is 0.226 e. The van der Waals surface area contributed by atoms with Crippen LogP contribution in [0.1, 0.15) is 31.7 Å². The average Bonchev–Trinajstić information content (AvgIpc) is 2.80. The fourth-order valence-electron chi connectivity index (χ4n) is 4.81. The van der Waals surface area contributed by atoms with Crippen molar-refractivity contribution in [2.24, 2.45) is 5.92 Å². The number of rotatable bonds is 6. The predicted molar refractivity (Wildman–Crippen MR) is 134 cm³/mol. The number of nitrogens with zero attached hydrogens (tertiary/aromatic N) is 3. The molecule has 0 bridgehead atoms. The second-order valence-corrected chi connectivity index (χ2v) is 9.76. The highest BCUT2D eigenvalue weighted by molar-refractivity contribution is 6.30. The Kier molecular flexibility index (Phi) is 7.71. The van der Waals surface area contributed by atoms with Crippen molar-refractivity contribution in [3.63, 3.8) is 0 Å². The predicted octanol–water partition coefficient (Wildman–Crippen LogP) is 4.40. The Bertz CT molecular complexity index is 878. The third kappa shape index (κ3) is 6.03. The lowest BCUT2D eigenvalue weighted by molar-refractivity contribution is -0.119. The van der Waals surface area contributed by atoms with E-state index in [1.807, 2.05) is 24.1 Å². The minimum absolute atomic E-state index is 0.207. The van der Waals surface area contributed by atoms with Crippen molar-refractivity contribution >= 4 is 28.9 Å². The molecule has 2 aliphatic heterocycles. The lowest BCUT2D eigenvalue weighted by Crippen LogP contribution is -2.48. The Morgan fingerprint density at radius 2 is 1.75 bits per heavy atom. The van der Waals surface area contributed by atoms with Crippen molar-refractivity contribution in [2.45, 2.75) is 38.8 Å². The quantitative estimate of drug-likeness (QED) is 0.702. The van der Waals surface area contributed by atoms with E-state index < -0.39 is 0 Å². The molecule has 6 heteroatoms. The highest BCUT2D eigenvalue weighted by atomic mass is 35.5. The summed E-state index contributed by atoms with van der Waals surface area (Å²) in [7, 11) is 1.90. The first-order valence-electron chi connectivity index (χ1n) is 11.8. The molecule has 172 valence electrons. The van der Waals surface area contributed by atoms with Gasteiger partial charge in [-0.25, -0.2) is 0 Å². The molecule has 0 aliphatic carbocycles. The fourth-order valence-corrected chi connectivity index (χ4v) is 4.94. The van der Waals surface area contributed by atoms with E-state index in [9.17, 15) is 4.79 Å². The molecular weight excluding hydrogens is 420 g/mol. The summed E-state index contributed by atoms with van der Waals surface area (Å²) in [4.78, 5) is 19.6. The Balaban J connectivity index is 1.25. The Morgan fingerprint density at radius 3 is 2.41 bits per heavy atom. The van der Waals surface area contributed by atoms with E-state index in [1.54, 1.807) is 0 Å². The molecule has 1 atom stereocenters. The van der Waals surface area contributed by atoms with Gasteiger partial charge in [-0.05, 0) is 67.6 Å². The van der Waals surface area contributed by atoms with Gasteiger partial charge >= 0.3 is 0 Å². The molecule has 4 rings (SSSR count). The molecule has 5 nitrogen and oxygen atoms in total. The topological polar surface area (TPSA) is 38.8 Å². The molecule has 2 aliphatic rings. The van der Waals surface area contributed by atoms with E-state index >= 15 is 0 Å². The zero-order valence-corrected chi connectivity index (χ0v) is 20.0. The third-order valence-corrected chi connectivity index (χ3v) is 7.08. The van der Waals surface area contributed by atoms with Gasteiger partial charge < -0.3 is 15.1 Å². The van der Waals surface area contributed by atoms with E-state index in [0.29, 0.717) is 18.4 Å². The number of anilines is 2. The lowest BCUT2D eigenvalue weighted by atomic mass is 9.92. The molecule has 0 spiro atoms. The van der Waals surface area contributed by atoms with Crippen molar-refractivity contribution in [1.29, 1.82) is 0 Å². The number of carbonyl (C=O) groups excluding carboxylic acids is 1. The van der Waals surface area contributed by atoms with Gasteiger partial charge in [-0.15, -0.1) is 0 Å². The molecule has 2 heterocycles. The monoisotopic (exact) mass is 454 g/mol. The fraction of sp³-hybridized carbons (Fsp3) is 0.500. The first-order chi connectivity index (χ1) is 15.5. The van der Waals surface area contributed by atoms with Crippen molar-refractivity contribution in [3.8, 4) is 0 Å². The summed E-state index contributed by atoms with van der Waals surface area (Å²) in [5, 5.41) is 4.25. The number of nitrogens with one attached hydrogen (secondary N) is 1. The molecule has 0 radical (unpaired) electrons. The van der Waals surface area contributed by atoms with Gasteiger partial charge in [0, 0.05) is 75.2 Å². The number of hydrogen-bond acceptors (Lipinski definition) is 4. The normalized spacial score (nSPS) is 20.3. The number of carbonyl (C=O) groups is 1. The van der Waals surface area contributed by atoms with Gasteiger partial charge in [-0.3, -0.25) is 9.69 Å². The average molecular weight is 455 g/mol. The van der Waals surface area contributed by atoms with Gasteiger partial charge in [0.25, 0.3) is 0 Å². The van der Waals surface area contributed by atoms with E-state index in [1.165, 1.54) is 11.3 Å². The number of hydrogen-bond donors (Lipinski definition) is 1. The van der Waals surface area contributed by atoms with Crippen LogP contribution >= 0.6 is 11.6 Å². The summed E-state index contributed by atoms with van der Waals surface area (Å²) < 4.78 is 0. The smallest absolute Gasteiger partial charge is 0.226 e. The maximum absolute atomic E-state index is 12.9. The zero-order chi connectivity index (χ0) is 22.5. The van der Waals surface area contributed by atoms with Crippen LogP contribution in [0.5, 0.6) is 0 Å². The lowest BCUT2D eigenvalue weighted by Gasteiger charge is -2.34. The molecule has 0 saturated carbocycles. The molecule has 2 saturated heterocycles. The second kappa shape index (κ2) is 10.7. The Hall–Kier alpha value is -2.08. The van der Waals surface area contributed by atoms with Crippen molar-refractivity contribution in [2.75, 3.05) is 49.6 Å². The minimum atomic E-state index is 0.207. The summed E-state index contributed by atoms with van der Waals surface area (Å²) in [5.74, 6) is 0.654. The molecule has 32 heavy (non-hydrogen) atoms. The number of piperazine rings is 1. The van der Waals surface area contributed by atoms with Gasteiger partial charge in [0.15, 0.2) is 0 Å². The van der Waals surface area contributed by atoms with E-state index in [2.05, 4.69) is 58.4 Å². The summed E-state index contributed by atoms with van der Waals surface area (Å²) in [6, 6.07) is 17.1. The number of amides is 1. The van der Waals surface area contributed by atoms with Crippen LogP contribution in [-0.2, 0) is 11.3 Å². The second-order valence-electron chi connectivity index (χ2n) is 9.32. The molecule has 2 fully saturated rings. The van der Waals surface area contributed by atoms with E-state index in [0.717, 1.165) is 62.8 Å². The standard InChI is InChI=1S/C26H35ClN4O/c1-20-18-30(16-13-28-20)19-22-3-7-24(8-4-22)29(2)26(32)17-21-11-14-31(15-12-21)25-9-5-23(27)6-10-25/h3-10,20-21,28H,11-19H2,1-2H3/t20-/m0/s1. The molecule has 2 aromatic carbocycles. The Morgan fingerprint density at radius 1 is 1.06 bits per heavy atom. The zero-order valence-electron chi connectivity index (χ0n) is 19.3. The van der Waals surface area contributed by atoms with Crippen LogP contribution in [0.4, 0.5) is 11.4 Å². The number of benzene rings is 2. The van der Waals surface area contributed by atoms with Crippen molar-refractivity contribution in [1.82, 2.24) is 10.2 Å². The molecule has 0 unspecified atom stereocenters. The largest absolute Gasteiger partial charge is 0.372 e. The SMILES string of the molecule is C[C@H]1CN(Cc2ccc(N(C)C(=O)CC3CCN(c4ccc(Cl)cc4)CC3)cc2)CCN1. The van der Waals surface area contributed by atoms with Crippen LogP contribution in [-0.4, -0.2) is 56.6 Å². The van der Waals surface area contributed by atoms with Crippen LogP contribution < -0.4 is 15.1 Å².